The Balaban J connectivity index is 1.16. The van der Waals surface area contributed by atoms with Crippen molar-refractivity contribution in [2.75, 3.05) is 9.80 Å². The lowest BCUT2D eigenvalue weighted by Gasteiger charge is -2.35. The molecule has 11 aromatic rings. The molecule has 1 aromatic heterocycles. The van der Waals surface area contributed by atoms with E-state index in [0.29, 0.717) is 0 Å². The second kappa shape index (κ2) is 15.5. The molecule has 0 unspecified atom stereocenters. The largest absolute Gasteiger partial charge is 0.310 e. The molecule has 1 aliphatic carbocycles. The van der Waals surface area contributed by atoms with Gasteiger partial charge in [-0.3, -0.25) is 0 Å². The number of benzene rings is 10. The summed E-state index contributed by atoms with van der Waals surface area (Å²) >= 11 is 0. The van der Waals surface area contributed by atoms with E-state index in [1.54, 1.807) is 0 Å². The first-order valence-corrected chi connectivity index (χ1v) is 22.0. The van der Waals surface area contributed by atoms with Crippen LogP contribution < -0.4 is 9.80 Å². The maximum Gasteiger partial charge on any atom is 0.0714 e. The van der Waals surface area contributed by atoms with Crippen LogP contribution in [0, 0.1) is 0 Å². The van der Waals surface area contributed by atoms with Crippen molar-refractivity contribution >= 4 is 55.9 Å². The van der Waals surface area contributed by atoms with Gasteiger partial charge < -0.3 is 14.4 Å². The Morgan fingerprint density at radius 1 is 0.281 bits per heavy atom. The number of aromatic nitrogens is 1. The molecular weight excluding hydrogens is 775 g/mol. The number of fused-ring (bicyclic) bond motifs is 6. The Bertz CT molecular complexity index is 3290. The van der Waals surface area contributed by atoms with Gasteiger partial charge in [0.15, 0.2) is 0 Å². The minimum absolute atomic E-state index is 0.616. The number of para-hydroxylation sites is 5. The molecule has 1 heterocycles. The highest BCUT2D eigenvalue weighted by molar-refractivity contribution is 6.13. The first-order valence-electron chi connectivity index (χ1n) is 22.0. The van der Waals surface area contributed by atoms with E-state index in [4.69, 9.17) is 0 Å². The summed E-state index contributed by atoms with van der Waals surface area (Å²) in [5.41, 5.74) is 17.0. The molecule has 0 atom stereocenters. The fourth-order valence-electron chi connectivity index (χ4n) is 10.3. The predicted octanol–water partition coefficient (Wildman–Crippen LogP) is 16.1. The van der Waals surface area contributed by atoms with E-state index in [-0.39, 0.29) is 0 Å². The van der Waals surface area contributed by atoms with Crippen molar-refractivity contribution in [1.82, 2.24) is 4.57 Å². The van der Waals surface area contributed by atoms with Gasteiger partial charge in [0.2, 0.25) is 0 Å². The van der Waals surface area contributed by atoms with Crippen LogP contribution in [0.15, 0.2) is 261 Å². The maximum atomic E-state index is 2.52. The van der Waals surface area contributed by atoms with Crippen LogP contribution in [0.5, 0.6) is 0 Å². The lowest BCUT2D eigenvalue weighted by Crippen LogP contribution is -2.28. The Labute approximate surface area is 374 Å². The molecule has 0 saturated carbocycles. The van der Waals surface area contributed by atoms with Crippen LogP contribution in [-0.4, -0.2) is 4.57 Å². The van der Waals surface area contributed by atoms with E-state index in [0.717, 1.165) is 45.3 Å². The zero-order valence-corrected chi connectivity index (χ0v) is 35.2. The van der Waals surface area contributed by atoms with Crippen LogP contribution in [0.4, 0.5) is 34.1 Å². The second-order valence-corrected chi connectivity index (χ2v) is 16.5. The van der Waals surface area contributed by atoms with Gasteiger partial charge in [-0.2, -0.15) is 0 Å². The van der Waals surface area contributed by atoms with Crippen LogP contribution in [0.2, 0.25) is 0 Å². The fourth-order valence-corrected chi connectivity index (χ4v) is 10.3. The van der Waals surface area contributed by atoms with Crippen LogP contribution >= 0.6 is 0 Å². The molecule has 302 valence electrons. The molecule has 0 saturated heterocycles. The van der Waals surface area contributed by atoms with Gasteiger partial charge in [-0.05, 0) is 130 Å². The van der Waals surface area contributed by atoms with Crippen molar-refractivity contribution in [3.05, 3.63) is 283 Å². The number of anilines is 6. The molecule has 3 heteroatoms. The topological polar surface area (TPSA) is 11.4 Å². The number of rotatable bonds is 9. The van der Waals surface area contributed by atoms with Crippen LogP contribution in [0.25, 0.3) is 38.6 Å². The molecule has 1 aliphatic rings. The van der Waals surface area contributed by atoms with E-state index in [9.17, 15) is 0 Å². The number of hydrogen-bond acceptors (Lipinski definition) is 2. The van der Waals surface area contributed by atoms with Gasteiger partial charge in [0.05, 0.1) is 16.4 Å². The molecule has 0 radical (unpaired) electrons. The fraction of sp³-hybridized carbons (Fsp3) is 0.0164. The Morgan fingerprint density at radius 2 is 0.672 bits per heavy atom. The zero-order valence-electron chi connectivity index (χ0n) is 35.2. The van der Waals surface area contributed by atoms with E-state index < -0.39 is 5.41 Å². The van der Waals surface area contributed by atoms with E-state index >= 15 is 0 Å². The molecular formula is C61H43N3. The Kier molecular flexibility index (Phi) is 9.05. The molecule has 64 heavy (non-hydrogen) atoms. The molecule has 0 aliphatic heterocycles. The highest BCUT2D eigenvalue weighted by Gasteiger charge is 2.47. The third-order valence-electron chi connectivity index (χ3n) is 13.0. The average molecular weight is 818 g/mol. The van der Waals surface area contributed by atoms with Gasteiger partial charge in [-0.25, -0.2) is 0 Å². The molecule has 0 N–H and O–H groups in total. The van der Waals surface area contributed by atoms with Crippen LogP contribution in [0.1, 0.15) is 22.3 Å². The minimum atomic E-state index is -0.616. The van der Waals surface area contributed by atoms with Gasteiger partial charge in [-0.15, -0.1) is 0 Å². The first-order chi connectivity index (χ1) is 31.8. The molecule has 0 fully saturated rings. The third-order valence-corrected chi connectivity index (χ3v) is 13.0. The lowest BCUT2D eigenvalue weighted by atomic mass is 9.67. The molecule has 10 aromatic carbocycles. The summed E-state index contributed by atoms with van der Waals surface area (Å²) < 4.78 is 2.47. The summed E-state index contributed by atoms with van der Waals surface area (Å²) in [5, 5.41) is 2.42. The van der Waals surface area contributed by atoms with E-state index in [2.05, 4.69) is 275 Å². The van der Waals surface area contributed by atoms with Crippen LogP contribution in [0.3, 0.4) is 0 Å². The van der Waals surface area contributed by atoms with Crippen molar-refractivity contribution in [2.24, 2.45) is 0 Å². The van der Waals surface area contributed by atoms with Crippen molar-refractivity contribution in [2.45, 2.75) is 5.41 Å². The zero-order chi connectivity index (χ0) is 42.5. The van der Waals surface area contributed by atoms with Crippen molar-refractivity contribution in [3.63, 3.8) is 0 Å². The smallest absolute Gasteiger partial charge is 0.0714 e. The van der Waals surface area contributed by atoms with Gasteiger partial charge in [0, 0.05) is 50.6 Å². The van der Waals surface area contributed by atoms with Crippen LogP contribution in [-0.2, 0) is 5.41 Å². The van der Waals surface area contributed by atoms with E-state index in [1.165, 1.54) is 49.7 Å². The molecule has 12 rings (SSSR count). The van der Waals surface area contributed by atoms with Gasteiger partial charge in [0.1, 0.15) is 0 Å². The summed E-state index contributed by atoms with van der Waals surface area (Å²) in [5.74, 6) is 0. The van der Waals surface area contributed by atoms with Gasteiger partial charge in [0.25, 0.3) is 0 Å². The highest BCUT2D eigenvalue weighted by atomic mass is 15.1. The molecule has 3 nitrogen and oxygen atoms in total. The van der Waals surface area contributed by atoms with Gasteiger partial charge in [-0.1, -0.05) is 164 Å². The highest BCUT2D eigenvalue weighted by Crippen LogP contribution is 2.59. The standard InChI is InChI=1S/C61H43N3/c1-8-22-44(23-9-1)61(45-24-10-2-11-25-45)57-40-51(62(46-26-12-3-13-27-46)47-28-14-4-15-29-47)36-38-53(57)55-43-60-56(42-58(55)61)54-39-37-52(41-59(54)64(60)50-34-20-7-21-35-50)63(48-30-16-5-17-31-48)49-32-18-6-19-33-49/h1-43H. The molecule has 0 amide bonds. The maximum absolute atomic E-state index is 2.52. The summed E-state index contributed by atoms with van der Waals surface area (Å²) in [6.07, 6.45) is 0. The molecule has 0 bridgehead atoms. The minimum Gasteiger partial charge on any atom is -0.310 e. The summed E-state index contributed by atoms with van der Waals surface area (Å²) in [6, 6.07) is 95.0. The number of hydrogen-bond donors (Lipinski definition) is 0. The van der Waals surface area contributed by atoms with E-state index in [1.807, 2.05) is 0 Å². The summed E-state index contributed by atoms with van der Waals surface area (Å²) in [4.78, 5) is 4.73. The lowest BCUT2D eigenvalue weighted by molar-refractivity contribution is 0.769. The predicted molar refractivity (Wildman–Crippen MR) is 267 cm³/mol. The normalized spacial score (nSPS) is 12.5. The SMILES string of the molecule is c1ccc(N(c2ccccc2)c2ccc3c(c2)C(c2ccccc2)(c2ccccc2)c2cc4c5ccc(N(c6ccccc6)c6ccccc6)cc5n(-c5ccccc5)c4cc2-3)cc1. The first kappa shape index (κ1) is 37.4. The van der Waals surface area contributed by atoms with Crippen molar-refractivity contribution < 1.29 is 0 Å². The second-order valence-electron chi connectivity index (χ2n) is 16.5. The number of nitrogens with zero attached hydrogens (tertiary/aromatic N) is 3. The Hall–Kier alpha value is -8.40. The monoisotopic (exact) mass is 817 g/mol. The third kappa shape index (κ3) is 5.97. The average Bonchev–Trinajstić information content (AvgIpc) is 3.84. The molecule has 0 spiro atoms. The van der Waals surface area contributed by atoms with Crippen molar-refractivity contribution in [1.29, 1.82) is 0 Å². The van der Waals surface area contributed by atoms with Crippen molar-refractivity contribution in [3.8, 4) is 16.8 Å². The quantitative estimate of drug-likeness (QED) is 0.144. The Morgan fingerprint density at radius 3 is 1.16 bits per heavy atom. The van der Waals surface area contributed by atoms with Gasteiger partial charge >= 0.3 is 0 Å². The summed E-state index contributed by atoms with van der Waals surface area (Å²) in [7, 11) is 0. The summed E-state index contributed by atoms with van der Waals surface area (Å²) in [6.45, 7) is 0.